The van der Waals surface area contributed by atoms with Crippen molar-refractivity contribution in [2.45, 2.75) is 32.4 Å². The third-order valence-electron chi connectivity index (χ3n) is 3.63. The molecule has 0 radical (unpaired) electrons. The third-order valence-corrected chi connectivity index (χ3v) is 3.63. The first kappa shape index (κ1) is 13.9. The first-order chi connectivity index (χ1) is 9.10. The number of carbonyl (C=O) groups excluding carboxylic acids is 1. The first-order valence-electron chi connectivity index (χ1n) is 6.79. The maximum atomic E-state index is 11.3. The number of carbonyl (C=O) groups is 1. The number of nitrogens with one attached hydrogen (secondary N) is 1. The average Bonchev–Trinajstić information content (AvgIpc) is 2.87. The van der Waals surface area contributed by atoms with Crippen LogP contribution in [0.1, 0.15) is 30.6 Å². The number of benzene rings is 1. The second-order valence-corrected chi connectivity index (χ2v) is 5.29. The van der Waals surface area contributed by atoms with Gasteiger partial charge >= 0.3 is 5.97 Å². The molecule has 0 spiro atoms. The second-order valence-electron chi connectivity index (χ2n) is 5.29. The minimum absolute atomic E-state index is 0.293. The molecule has 1 atom stereocenters. The Morgan fingerprint density at radius 2 is 2.05 bits per heavy atom. The molecule has 1 saturated heterocycles. The van der Waals surface area contributed by atoms with E-state index < -0.39 is 0 Å². The second kappa shape index (κ2) is 6.06. The van der Waals surface area contributed by atoms with Gasteiger partial charge in [-0.1, -0.05) is 0 Å². The van der Waals surface area contributed by atoms with Crippen molar-refractivity contribution in [1.82, 2.24) is 4.90 Å². The summed E-state index contributed by atoms with van der Waals surface area (Å²) in [5.41, 5.74) is 1.64. The van der Waals surface area contributed by atoms with Crippen molar-refractivity contribution in [3.63, 3.8) is 0 Å². The number of ether oxygens (including phenoxy) is 1. The van der Waals surface area contributed by atoms with E-state index in [-0.39, 0.29) is 5.97 Å². The molecule has 2 rings (SSSR count). The van der Waals surface area contributed by atoms with Crippen LogP contribution in [0.3, 0.4) is 0 Å². The molecule has 4 heteroatoms. The summed E-state index contributed by atoms with van der Waals surface area (Å²) in [6.07, 6.45) is 1.16. The fraction of sp³-hybridized carbons (Fsp3) is 0.533. The number of rotatable bonds is 4. The molecule has 1 heterocycles. The van der Waals surface area contributed by atoms with Gasteiger partial charge in [-0.3, -0.25) is 4.90 Å². The highest BCUT2D eigenvalue weighted by atomic mass is 16.5. The quantitative estimate of drug-likeness (QED) is 0.846. The summed E-state index contributed by atoms with van der Waals surface area (Å²) < 4.78 is 4.68. The molecule has 1 aromatic rings. The van der Waals surface area contributed by atoms with Crippen LogP contribution >= 0.6 is 0 Å². The number of hydrogen-bond donors (Lipinski definition) is 1. The maximum absolute atomic E-state index is 11.3. The van der Waals surface area contributed by atoms with Crippen molar-refractivity contribution < 1.29 is 9.53 Å². The molecule has 1 aromatic carbocycles. The van der Waals surface area contributed by atoms with E-state index >= 15 is 0 Å². The van der Waals surface area contributed by atoms with Crippen LogP contribution in [0.15, 0.2) is 24.3 Å². The summed E-state index contributed by atoms with van der Waals surface area (Å²) in [5.74, 6) is -0.293. The first-order valence-corrected chi connectivity index (χ1v) is 6.79. The molecular formula is C15H22N2O2. The number of hydrogen-bond acceptors (Lipinski definition) is 4. The standard InChI is InChI=1S/C15H22N2O2/c1-11(2)17-9-8-14(10-17)16-13-6-4-12(5-7-13)15(18)19-3/h4-7,11,14,16H,8-10H2,1-3H3. The summed E-state index contributed by atoms with van der Waals surface area (Å²) in [7, 11) is 1.40. The fourth-order valence-electron chi connectivity index (χ4n) is 2.43. The smallest absolute Gasteiger partial charge is 0.337 e. The zero-order valence-corrected chi connectivity index (χ0v) is 11.8. The van der Waals surface area contributed by atoms with E-state index in [1.807, 2.05) is 12.1 Å². The van der Waals surface area contributed by atoms with Gasteiger partial charge in [0.1, 0.15) is 0 Å². The number of nitrogens with zero attached hydrogens (tertiary/aromatic N) is 1. The van der Waals surface area contributed by atoms with E-state index in [1.165, 1.54) is 7.11 Å². The predicted molar refractivity (Wildman–Crippen MR) is 76.5 cm³/mol. The molecule has 0 saturated carbocycles. The summed E-state index contributed by atoms with van der Waals surface area (Å²) >= 11 is 0. The molecule has 4 nitrogen and oxygen atoms in total. The van der Waals surface area contributed by atoms with Crippen molar-refractivity contribution in [3.05, 3.63) is 29.8 Å². The van der Waals surface area contributed by atoms with Gasteiger partial charge in [0.2, 0.25) is 0 Å². The van der Waals surface area contributed by atoms with Crippen LogP contribution < -0.4 is 5.32 Å². The Labute approximate surface area is 114 Å². The van der Waals surface area contributed by atoms with Crippen LogP contribution in [0.2, 0.25) is 0 Å². The van der Waals surface area contributed by atoms with Crippen molar-refractivity contribution in [2.24, 2.45) is 0 Å². The van der Waals surface area contributed by atoms with Crippen molar-refractivity contribution in [3.8, 4) is 0 Å². The minimum Gasteiger partial charge on any atom is -0.465 e. The van der Waals surface area contributed by atoms with E-state index in [0.717, 1.165) is 25.2 Å². The predicted octanol–water partition coefficient (Wildman–Crippen LogP) is 2.37. The van der Waals surface area contributed by atoms with Gasteiger partial charge in [0.15, 0.2) is 0 Å². The number of esters is 1. The summed E-state index contributed by atoms with van der Waals surface area (Å²) in [4.78, 5) is 13.8. The van der Waals surface area contributed by atoms with Crippen LogP contribution in [0, 0.1) is 0 Å². The lowest BCUT2D eigenvalue weighted by Crippen LogP contribution is -2.31. The molecule has 19 heavy (non-hydrogen) atoms. The molecule has 1 fully saturated rings. The van der Waals surface area contributed by atoms with Crippen LogP contribution in [0.5, 0.6) is 0 Å². The van der Waals surface area contributed by atoms with Gasteiger partial charge < -0.3 is 10.1 Å². The fourth-order valence-corrected chi connectivity index (χ4v) is 2.43. The number of likely N-dealkylation sites (tertiary alicyclic amines) is 1. The van der Waals surface area contributed by atoms with E-state index in [0.29, 0.717) is 17.6 Å². The van der Waals surface area contributed by atoms with Gasteiger partial charge in [0.25, 0.3) is 0 Å². The monoisotopic (exact) mass is 262 g/mol. The number of methoxy groups -OCH3 is 1. The van der Waals surface area contributed by atoms with Gasteiger partial charge in [-0.25, -0.2) is 4.79 Å². The SMILES string of the molecule is COC(=O)c1ccc(NC2CCN(C(C)C)C2)cc1. The molecule has 1 unspecified atom stereocenters. The molecule has 0 aliphatic carbocycles. The third kappa shape index (κ3) is 3.47. The van der Waals surface area contributed by atoms with Gasteiger partial charge in [-0.05, 0) is 44.5 Å². The highest BCUT2D eigenvalue weighted by Gasteiger charge is 2.23. The highest BCUT2D eigenvalue weighted by Crippen LogP contribution is 2.18. The molecule has 104 valence electrons. The van der Waals surface area contributed by atoms with Crippen molar-refractivity contribution >= 4 is 11.7 Å². The number of anilines is 1. The Balaban J connectivity index is 1.92. The Morgan fingerprint density at radius 1 is 1.37 bits per heavy atom. The zero-order valence-electron chi connectivity index (χ0n) is 11.8. The Hall–Kier alpha value is -1.55. The summed E-state index contributed by atoms with van der Waals surface area (Å²) in [5, 5.41) is 3.52. The Morgan fingerprint density at radius 3 is 2.58 bits per heavy atom. The molecule has 1 aliphatic heterocycles. The van der Waals surface area contributed by atoms with Gasteiger partial charge in [0.05, 0.1) is 12.7 Å². The van der Waals surface area contributed by atoms with Crippen LogP contribution in [-0.4, -0.2) is 43.2 Å². The molecule has 1 aliphatic rings. The van der Waals surface area contributed by atoms with Crippen LogP contribution in [0.25, 0.3) is 0 Å². The topological polar surface area (TPSA) is 41.6 Å². The Kier molecular flexibility index (Phi) is 4.43. The average molecular weight is 262 g/mol. The van der Waals surface area contributed by atoms with Crippen LogP contribution in [0.4, 0.5) is 5.69 Å². The van der Waals surface area contributed by atoms with E-state index in [4.69, 9.17) is 0 Å². The van der Waals surface area contributed by atoms with Crippen LogP contribution in [-0.2, 0) is 4.74 Å². The molecule has 1 N–H and O–H groups in total. The molecule has 0 aromatic heterocycles. The van der Waals surface area contributed by atoms with Crippen molar-refractivity contribution in [1.29, 1.82) is 0 Å². The minimum atomic E-state index is -0.293. The van der Waals surface area contributed by atoms with E-state index in [9.17, 15) is 4.79 Å². The van der Waals surface area contributed by atoms with Gasteiger partial charge in [-0.15, -0.1) is 0 Å². The lowest BCUT2D eigenvalue weighted by Gasteiger charge is -2.20. The lowest BCUT2D eigenvalue weighted by molar-refractivity contribution is 0.0601. The van der Waals surface area contributed by atoms with Gasteiger partial charge in [-0.2, -0.15) is 0 Å². The Bertz CT molecular complexity index is 428. The van der Waals surface area contributed by atoms with Gasteiger partial charge in [0, 0.05) is 30.9 Å². The zero-order chi connectivity index (χ0) is 13.8. The highest BCUT2D eigenvalue weighted by molar-refractivity contribution is 5.89. The lowest BCUT2D eigenvalue weighted by atomic mass is 10.2. The maximum Gasteiger partial charge on any atom is 0.337 e. The molecule has 0 amide bonds. The summed E-state index contributed by atoms with van der Waals surface area (Å²) in [6, 6.07) is 8.56. The van der Waals surface area contributed by atoms with E-state index in [1.54, 1.807) is 12.1 Å². The van der Waals surface area contributed by atoms with Crippen molar-refractivity contribution in [2.75, 3.05) is 25.5 Å². The summed E-state index contributed by atoms with van der Waals surface area (Å²) in [6.45, 7) is 6.69. The normalized spacial score (nSPS) is 19.7. The molecular weight excluding hydrogens is 240 g/mol. The van der Waals surface area contributed by atoms with E-state index in [2.05, 4.69) is 28.8 Å². The molecule has 0 bridgehead atoms. The largest absolute Gasteiger partial charge is 0.465 e.